The summed E-state index contributed by atoms with van der Waals surface area (Å²) in [4.78, 5) is 76.1. The second kappa shape index (κ2) is 22.5. The number of fused-ring (bicyclic) bond motifs is 3. The minimum Gasteiger partial charge on any atom is -0.480 e. The van der Waals surface area contributed by atoms with Crippen molar-refractivity contribution in [1.29, 1.82) is 0 Å². The van der Waals surface area contributed by atoms with E-state index < -0.39 is 37.0 Å². The summed E-state index contributed by atoms with van der Waals surface area (Å²) in [6, 6.07) is 19.3. The normalized spacial score (nSPS) is 15.8. The topological polar surface area (TPSA) is 239 Å². The van der Waals surface area contributed by atoms with Crippen molar-refractivity contribution in [3.05, 3.63) is 84.1 Å². The van der Waals surface area contributed by atoms with E-state index in [9.17, 15) is 54.4 Å². The number of hydrogen-bond donors (Lipinski definition) is 6. The minimum absolute atomic E-state index is 0.103. The summed E-state index contributed by atoms with van der Waals surface area (Å²) in [7, 11) is 1.39. The van der Waals surface area contributed by atoms with Crippen LogP contribution in [0.5, 0.6) is 0 Å². The monoisotopic (exact) mass is 860 g/mol. The van der Waals surface area contributed by atoms with Crippen molar-refractivity contribution in [3.63, 3.8) is 0 Å². The fraction of sp³-hybridized carbons (Fsp3) is 0.429. The largest absolute Gasteiger partial charge is 0.488 e. The van der Waals surface area contributed by atoms with E-state index in [2.05, 4.69) is 0 Å². The fourth-order valence-corrected chi connectivity index (χ4v) is 7.83. The van der Waals surface area contributed by atoms with Gasteiger partial charge in [0.25, 0.3) is 0 Å². The van der Waals surface area contributed by atoms with Crippen LogP contribution in [0.2, 0.25) is 0 Å². The summed E-state index contributed by atoms with van der Waals surface area (Å²) in [6.07, 6.45) is 1.79. The van der Waals surface area contributed by atoms with Gasteiger partial charge in [-0.1, -0.05) is 48.5 Å². The van der Waals surface area contributed by atoms with Gasteiger partial charge < -0.3 is 40.2 Å². The van der Waals surface area contributed by atoms with E-state index in [0.29, 0.717) is 16.6 Å². The van der Waals surface area contributed by atoms with Gasteiger partial charge in [-0.3, -0.25) is 38.8 Å². The Labute approximate surface area is 359 Å². The second-order valence-corrected chi connectivity index (χ2v) is 15.4. The highest BCUT2D eigenvalue weighted by molar-refractivity contribution is 6.59. The second-order valence-electron chi connectivity index (χ2n) is 15.4. The number of carboxylic acids is 4. The van der Waals surface area contributed by atoms with Crippen molar-refractivity contribution in [2.24, 2.45) is 0 Å². The maximum Gasteiger partial charge on any atom is 0.488 e. The van der Waals surface area contributed by atoms with E-state index >= 15 is 0 Å². The Hall–Kier alpha value is -5.58. The number of carbonyl (C=O) groups excluding carboxylic acids is 1. The number of pyridine rings is 1. The number of amides is 1. The van der Waals surface area contributed by atoms with Gasteiger partial charge in [-0.25, -0.2) is 4.79 Å². The van der Waals surface area contributed by atoms with Gasteiger partial charge in [-0.2, -0.15) is 9.63 Å². The molecule has 62 heavy (non-hydrogen) atoms. The maximum absolute atomic E-state index is 14.6. The fourth-order valence-electron chi connectivity index (χ4n) is 7.83. The van der Waals surface area contributed by atoms with Crippen LogP contribution in [-0.4, -0.2) is 196 Å². The van der Waals surface area contributed by atoms with Crippen LogP contribution in [0.3, 0.4) is 0 Å². The van der Waals surface area contributed by atoms with E-state index in [0.717, 1.165) is 16.2 Å². The standard InChI is InChI=1S/C42H54BN7O12/c1-44(38(51)25-45-13-15-46(26-39(52)53)17-19-48(28-41(56)57)20-18-47(16-14-45)27-40(54)55)37(24-50(62-2)23-32-8-4-6-10-35(32)43(60)61)30-11-12-36-34(21-30)33-9-5-3-7-31(33)22-49(36)29-42(58)59/h3-12,21-22,37,60-61H,13-20,23-29H2,1-2H3,(H3-,52,53,54,55,56,57,58,59)/p+1. The first-order valence-corrected chi connectivity index (χ1v) is 20.2. The molecule has 0 aliphatic carbocycles. The van der Waals surface area contributed by atoms with Gasteiger partial charge in [0.1, 0.15) is 0 Å². The molecule has 1 fully saturated rings. The number of likely N-dealkylation sites (N-methyl/N-ethyl adjacent to an activating group) is 1. The molecule has 3 aromatic carbocycles. The SMILES string of the molecule is CON(Cc1ccccc1B(O)O)CC(c1ccc2c(c1)c1ccccc1c[n+]2CC(=O)O)N(C)C(=O)CN1CCN(CC(=O)O)CCN(CC(=O)O)CCN(CC(=O)O)CC1. The lowest BCUT2D eigenvalue weighted by Crippen LogP contribution is -2.50. The van der Waals surface area contributed by atoms with Crippen molar-refractivity contribution in [2.75, 3.05) is 99.2 Å². The predicted molar refractivity (Wildman–Crippen MR) is 227 cm³/mol. The highest BCUT2D eigenvalue weighted by Gasteiger charge is 2.29. The van der Waals surface area contributed by atoms with Gasteiger partial charge in [0.05, 0.1) is 44.7 Å². The third-order valence-corrected chi connectivity index (χ3v) is 11.1. The van der Waals surface area contributed by atoms with Crippen LogP contribution in [0.15, 0.2) is 72.9 Å². The van der Waals surface area contributed by atoms with E-state index in [1.54, 1.807) is 66.7 Å². The molecule has 0 bridgehead atoms. The van der Waals surface area contributed by atoms with Gasteiger partial charge in [-0.05, 0) is 28.7 Å². The van der Waals surface area contributed by atoms with Crippen molar-refractivity contribution in [3.8, 4) is 0 Å². The number of benzene rings is 3. The Morgan fingerprint density at radius 3 is 1.73 bits per heavy atom. The van der Waals surface area contributed by atoms with Gasteiger partial charge in [-0.15, -0.1) is 0 Å². The summed E-state index contributed by atoms with van der Waals surface area (Å²) in [5, 5.41) is 62.9. The average Bonchev–Trinajstić information content (AvgIpc) is 3.22. The highest BCUT2D eigenvalue weighted by atomic mass is 16.7. The first-order chi connectivity index (χ1) is 29.6. The van der Waals surface area contributed by atoms with Crippen LogP contribution < -0.4 is 10.0 Å². The zero-order valence-corrected chi connectivity index (χ0v) is 35.0. The molecule has 0 radical (unpaired) electrons. The van der Waals surface area contributed by atoms with Crippen LogP contribution in [0, 0.1) is 0 Å². The molecule has 1 unspecified atom stereocenters. The number of nitrogens with zero attached hydrogens (tertiary/aromatic N) is 7. The number of rotatable bonds is 18. The first-order valence-electron chi connectivity index (χ1n) is 20.2. The summed E-state index contributed by atoms with van der Waals surface area (Å²) in [5.74, 6) is -4.50. The number of aromatic nitrogens is 1. The molecule has 5 rings (SSSR count). The van der Waals surface area contributed by atoms with Crippen molar-refractivity contribution < 1.29 is 63.9 Å². The van der Waals surface area contributed by atoms with E-state index in [-0.39, 0.29) is 110 Å². The molecule has 1 amide bonds. The van der Waals surface area contributed by atoms with Gasteiger partial charge >= 0.3 is 31.0 Å². The molecule has 1 saturated heterocycles. The summed E-state index contributed by atoms with van der Waals surface area (Å²) < 4.78 is 1.66. The van der Waals surface area contributed by atoms with Crippen LogP contribution in [-0.2, 0) is 41.9 Å². The van der Waals surface area contributed by atoms with E-state index in [4.69, 9.17) is 4.84 Å². The lowest BCUT2D eigenvalue weighted by molar-refractivity contribution is -0.658. The number of hydroxylamine groups is 2. The lowest BCUT2D eigenvalue weighted by Gasteiger charge is -2.36. The minimum atomic E-state index is -1.74. The number of carbonyl (C=O) groups is 5. The third kappa shape index (κ3) is 13.5. The van der Waals surface area contributed by atoms with E-state index in [1.165, 1.54) is 7.11 Å². The molecule has 1 aliphatic rings. The summed E-state index contributed by atoms with van der Waals surface area (Å²) in [5.41, 5.74) is 2.23. The van der Waals surface area contributed by atoms with Crippen molar-refractivity contribution in [1.82, 2.24) is 29.6 Å². The molecule has 4 aromatic rings. The Morgan fingerprint density at radius 2 is 1.21 bits per heavy atom. The number of aliphatic carboxylic acids is 4. The first kappa shape index (κ1) is 47.5. The van der Waals surface area contributed by atoms with Gasteiger partial charge in [0.2, 0.25) is 18.0 Å². The molecule has 332 valence electrons. The lowest BCUT2D eigenvalue weighted by atomic mass is 9.77. The molecule has 2 heterocycles. The van der Waals surface area contributed by atoms with Crippen LogP contribution >= 0.6 is 0 Å². The molecule has 19 nitrogen and oxygen atoms in total. The van der Waals surface area contributed by atoms with E-state index in [1.807, 2.05) is 47.4 Å². The summed E-state index contributed by atoms with van der Waals surface area (Å²) >= 11 is 0. The maximum atomic E-state index is 14.6. The van der Waals surface area contributed by atoms with Crippen molar-refractivity contribution in [2.45, 2.75) is 19.1 Å². The molecule has 1 atom stereocenters. The molecule has 0 spiro atoms. The van der Waals surface area contributed by atoms with Crippen LogP contribution in [0.25, 0.3) is 21.7 Å². The van der Waals surface area contributed by atoms with Crippen molar-refractivity contribution >= 4 is 64.0 Å². The Kier molecular flexibility index (Phi) is 17.2. The third-order valence-electron chi connectivity index (χ3n) is 11.1. The molecule has 6 N–H and O–H groups in total. The average molecular weight is 861 g/mol. The Bertz CT molecular complexity index is 2180. The number of hydrogen-bond acceptors (Lipinski definition) is 13. The van der Waals surface area contributed by atoms with Crippen LogP contribution in [0.1, 0.15) is 17.2 Å². The Balaban J connectivity index is 1.50. The van der Waals surface area contributed by atoms with Gasteiger partial charge in [0.15, 0.2) is 6.20 Å². The zero-order chi connectivity index (χ0) is 44.9. The molecule has 20 heteroatoms. The molecule has 0 saturated carbocycles. The molecule has 1 aromatic heterocycles. The predicted octanol–water partition coefficient (Wildman–Crippen LogP) is -0.917. The molecular formula is C42H55BN7O12+. The quantitative estimate of drug-likeness (QED) is 0.0307. The zero-order valence-electron chi connectivity index (χ0n) is 35.0. The Morgan fingerprint density at radius 1 is 0.694 bits per heavy atom. The molecule has 1 aliphatic heterocycles. The summed E-state index contributed by atoms with van der Waals surface area (Å²) in [6.45, 7) is 0.803. The van der Waals surface area contributed by atoms with Crippen LogP contribution in [0.4, 0.5) is 0 Å². The highest BCUT2D eigenvalue weighted by Crippen LogP contribution is 2.29. The van der Waals surface area contributed by atoms with Gasteiger partial charge in [0, 0.05) is 89.3 Å². The number of carboxylic acid groups (broad SMARTS) is 4. The molecular weight excluding hydrogens is 805 g/mol. The smallest absolute Gasteiger partial charge is 0.480 e.